The largest absolute Gasteiger partial charge is 0.457 e. The van der Waals surface area contributed by atoms with Crippen LogP contribution in [0, 0.1) is 0 Å². The van der Waals surface area contributed by atoms with Crippen LogP contribution in [0.2, 0.25) is 0 Å². The molecule has 0 saturated carbocycles. The highest BCUT2D eigenvalue weighted by Crippen LogP contribution is 2.53. The second-order valence-corrected chi connectivity index (χ2v) is 8.83. The summed E-state index contributed by atoms with van der Waals surface area (Å²) in [5.41, 5.74) is -11.3. The van der Waals surface area contributed by atoms with Crippen LogP contribution in [-0.2, 0) is 37.1 Å². The molecule has 22 heteroatoms. The summed E-state index contributed by atoms with van der Waals surface area (Å²) in [4.78, 5) is 0. The molecule has 0 aliphatic heterocycles. The first-order chi connectivity index (χ1) is 20.5. The van der Waals surface area contributed by atoms with E-state index in [0.29, 0.717) is 24.3 Å². The van der Waals surface area contributed by atoms with Crippen molar-refractivity contribution in [2.45, 2.75) is 37.1 Å². The summed E-state index contributed by atoms with van der Waals surface area (Å²) in [6, 6.07) is 0.325. The van der Waals surface area contributed by atoms with Crippen molar-refractivity contribution in [1.29, 1.82) is 0 Å². The van der Waals surface area contributed by atoms with Gasteiger partial charge in [-0.15, -0.1) is 0 Å². The number of ether oxygens (including phenoxy) is 2. The maximum absolute atomic E-state index is 13.6. The summed E-state index contributed by atoms with van der Waals surface area (Å²) >= 11 is 0. The van der Waals surface area contributed by atoms with Crippen molar-refractivity contribution < 1.29 is 88.5 Å². The molecule has 0 amide bonds. The van der Waals surface area contributed by atoms with Gasteiger partial charge in [-0.05, 0) is 36.4 Å². The molecule has 0 radical (unpaired) electrons. The van der Waals surface area contributed by atoms with Gasteiger partial charge in [0.2, 0.25) is 0 Å². The molecule has 0 heterocycles. The molecule has 3 aromatic carbocycles. The number of nitrogens with two attached hydrogens (primary N) is 2. The zero-order chi connectivity index (χ0) is 35.6. The Morgan fingerprint density at radius 3 is 0.804 bits per heavy atom. The van der Waals surface area contributed by atoms with Gasteiger partial charge in [-0.1, -0.05) is 0 Å². The third kappa shape index (κ3) is 7.35. The van der Waals surface area contributed by atoms with Gasteiger partial charge in [-0.25, -0.2) is 0 Å². The Labute approximate surface area is 242 Å². The summed E-state index contributed by atoms with van der Waals surface area (Å²) in [5, 5.41) is 0. The second kappa shape index (κ2) is 11.1. The lowest BCUT2D eigenvalue weighted by atomic mass is 9.98. The highest BCUT2D eigenvalue weighted by atomic mass is 19.4. The van der Waals surface area contributed by atoms with E-state index in [2.05, 4.69) is 9.47 Å². The van der Waals surface area contributed by atoms with E-state index >= 15 is 0 Å². The molecular weight excluding hydrogens is 690 g/mol. The number of hydrogen-bond acceptors (Lipinski definition) is 4. The molecule has 0 atom stereocenters. The monoisotopic (exact) mass is 700 g/mol. The summed E-state index contributed by atoms with van der Waals surface area (Å²) < 4.78 is 251. The summed E-state index contributed by atoms with van der Waals surface area (Å²) in [7, 11) is 0. The van der Waals surface area contributed by atoms with Gasteiger partial charge >= 0.3 is 37.1 Å². The molecule has 0 aliphatic carbocycles. The van der Waals surface area contributed by atoms with Gasteiger partial charge in [0.1, 0.15) is 34.1 Å². The van der Waals surface area contributed by atoms with Crippen LogP contribution >= 0.6 is 0 Å². The van der Waals surface area contributed by atoms with Crippen LogP contribution < -0.4 is 20.9 Å². The predicted molar refractivity (Wildman–Crippen MR) is 118 cm³/mol. The smallest absolute Gasteiger partial charge is 0.421 e. The van der Waals surface area contributed by atoms with E-state index in [1.54, 1.807) is 0 Å². The summed E-state index contributed by atoms with van der Waals surface area (Å²) in [6.07, 6.45) is -35.7. The molecule has 0 aromatic heterocycles. The van der Waals surface area contributed by atoms with Crippen LogP contribution in [0.25, 0.3) is 0 Å². The van der Waals surface area contributed by atoms with Gasteiger partial charge in [0.25, 0.3) is 0 Å². The van der Waals surface area contributed by atoms with Gasteiger partial charge in [-0.2, -0.15) is 79.0 Å². The van der Waals surface area contributed by atoms with E-state index < -0.39 is 117 Å². The van der Waals surface area contributed by atoms with E-state index in [9.17, 15) is 79.0 Å². The lowest BCUT2D eigenvalue weighted by Gasteiger charge is -2.24. The lowest BCUT2D eigenvalue weighted by molar-refractivity contribution is -0.163. The Morgan fingerprint density at radius 2 is 0.609 bits per heavy atom. The zero-order valence-corrected chi connectivity index (χ0v) is 21.2. The van der Waals surface area contributed by atoms with Crippen LogP contribution in [0.15, 0.2) is 36.4 Å². The fraction of sp³-hybridized carbons (Fsp3) is 0.250. The molecule has 0 spiro atoms. The van der Waals surface area contributed by atoms with Crippen molar-refractivity contribution in [3.8, 4) is 23.0 Å². The Balaban J connectivity index is 2.15. The van der Waals surface area contributed by atoms with Crippen molar-refractivity contribution in [3.63, 3.8) is 0 Å². The predicted octanol–water partition coefficient (Wildman–Crippen LogP) is 10.5. The molecule has 0 fully saturated rings. The topological polar surface area (TPSA) is 70.5 Å². The van der Waals surface area contributed by atoms with E-state index in [-0.39, 0.29) is 0 Å². The number of rotatable bonds is 4. The first kappa shape index (κ1) is 36.1. The van der Waals surface area contributed by atoms with Crippen molar-refractivity contribution in [3.05, 3.63) is 69.8 Å². The summed E-state index contributed by atoms with van der Waals surface area (Å²) in [5.74, 6) is -5.79. The maximum Gasteiger partial charge on any atom is 0.421 e. The van der Waals surface area contributed by atoms with Crippen LogP contribution in [0.5, 0.6) is 23.0 Å². The minimum Gasteiger partial charge on any atom is -0.457 e. The average Bonchev–Trinajstić information content (AvgIpc) is 2.80. The number of anilines is 2. The first-order valence-corrected chi connectivity index (χ1v) is 11.3. The maximum atomic E-state index is 13.6. The molecular formula is C24H10F18N2O2. The fourth-order valence-electron chi connectivity index (χ4n) is 3.99. The number of nitrogen functional groups attached to an aromatic ring is 2. The quantitative estimate of drug-likeness (QED) is 0.210. The normalized spacial score (nSPS) is 13.6. The van der Waals surface area contributed by atoms with Crippen LogP contribution in [0.3, 0.4) is 0 Å². The molecule has 0 saturated heterocycles. The minimum absolute atomic E-state index is 0.419. The molecule has 254 valence electrons. The van der Waals surface area contributed by atoms with Gasteiger partial charge in [0, 0.05) is 0 Å². The third-order valence-electron chi connectivity index (χ3n) is 5.68. The average molecular weight is 700 g/mol. The van der Waals surface area contributed by atoms with E-state index in [0.717, 1.165) is 0 Å². The second-order valence-electron chi connectivity index (χ2n) is 8.83. The van der Waals surface area contributed by atoms with E-state index in [1.807, 2.05) is 0 Å². The number of hydrogen-bond donors (Lipinski definition) is 2. The number of benzene rings is 3. The van der Waals surface area contributed by atoms with Gasteiger partial charge in [0.15, 0.2) is 0 Å². The highest BCUT2D eigenvalue weighted by molar-refractivity contribution is 5.67. The summed E-state index contributed by atoms with van der Waals surface area (Å²) in [6.45, 7) is 0. The number of halogens is 18. The Kier molecular flexibility index (Phi) is 8.74. The zero-order valence-electron chi connectivity index (χ0n) is 21.2. The van der Waals surface area contributed by atoms with E-state index in [1.165, 1.54) is 0 Å². The SMILES string of the molecule is Nc1c(C(F)(F)F)c(Oc2ccc(Oc3cc(C(F)(F)F)c(C(F)(F)F)c(N)c3C(F)(F)F)cc2)cc(C(F)(F)F)c1C(F)(F)F. The van der Waals surface area contributed by atoms with Crippen LogP contribution in [-0.4, -0.2) is 0 Å². The third-order valence-corrected chi connectivity index (χ3v) is 5.68. The molecule has 46 heavy (non-hydrogen) atoms. The van der Waals surface area contributed by atoms with Gasteiger partial charge < -0.3 is 20.9 Å². The molecule has 0 unspecified atom stereocenters. The lowest BCUT2D eigenvalue weighted by Crippen LogP contribution is -2.23. The van der Waals surface area contributed by atoms with Gasteiger partial charge in [-0.3, -0.25) is 0 Å². The first-order valence-electron chi connectivity index (χ1n) is 11.3. The molecule has 3 rings (SSSR count). The molecule has 4 N–H and O–H groups in total. The van der Waals surface area contributed by atoms with Crippen molar-refractivity contribution in [1.82, 2.24) is 0 Å². The van der Waals surface area contributed by atoms with Crippen molar-refractivity contribution in [2.24, 2.45) is 0 Å². The molecule has 0 aliphatic rings. The minimum atomic E-state index is -6.05. The molecule has 0 bridgehead atoms. The van der Waals surface area contributed by atoms with E-state index in [4.69, 9.17) is 11.5 Å². The Hall–Kier alpha value is -4.40. The number of alkyl halides is 18. The van der Waals surface area contributed by atoms with Crippen LogP contribution in [0.1, 0.15) is 33.4 Å². The Morgan fingerprint density at radius 1 is 0.370 bits per heavy atom. The Bertz CT molecular complexity index is 1490. The molecule has 3 aromatic rings. The van der Waals surface area contributed by atoms with Crippen molar-refractivity contribution >= 4 is 11.4 Å². The molecule has 4 nitrogen and oxygen atoms in total. The fourth-order valence-corrected chi connectivity index (χ4v) is 3.99. The van der Waals surface area contributed by atoms with Gasteiger partial charge in [0.05, 0.1) is 33.6 Å². The highest BCUT2D eigenvalue weighted by Gasteiger charge is 2.51. The van der Waals surface area contributed by atoms with Crippen molar-refractivity contribution in [2.75, 3.05) is 11.5 Å². The van der Waals surface area contributed by atoms with Crippen LogP contribution in [0.4, 0.5) is 90.4 Å². The standard InChI is InChI=1S/C24H10F18N2O2/c25-19(26,27)9-5-11(15(23(37,38)39)17(43)13(9)21(31,32)33)45-7-1-2-8(4-3-7)46-12-6-10(20(28,29)30)14(22(34,35)36)18(44)16(12)24(40,41)42/h1-6H,43-44H2.